The zero-order chi connectivity index (χ0) is 21.2. The lowest BCUT2D eigenvalue weighted by Crippen LogP contribution is -2.32. The van der Waals surface area contributed by atoms with Crippen LogP contribution in [0.25, 0.3) is 0 Å². The number of carbonyl (C=O) groups excluding carboxylic acids is 1. The topological polar surface area (TPSA) is 77.8 Å². The Morgan fingerprint density at radius 1 is 1.38 bits per heavy atom. The number of nitrogens with zero attached hydrogens (tertiary/aromatic N) is 1. The van der Waals surface area contributed by atoms with Crippen LogP contribution >= 0.6 is 11.3 Å². The van der Waals surface area contributed by atoms with E-state index < -0.39 is 12.1 Å². The Morgan fingerprint density at radius 2 is 2.17 bits per heavy atom. The van der Waals surface area contributed by atoms with Crippen molar-refractivity contribution in [2.24, 2.45) is 5.92 Å². The molecule has 1 aliphatic heterocycles. The van der Waals surface area contributed by atoms with Crippen LogP contribution in [0.1, 0.15) is 60.5 Å². The Hall–Kier alpha value is -2.54. The molecule has 0 saturated carbocycles. The molecular formula is C23H27NO4S. The van der Waals surface area contributed by atoms with Crippen LogP contribution in [-0.4, -0.2) is 45.7 Å². The molecule has 1 aliphatic rings. The van der Waals surface area contributed by atoms with Gasteiger partial charge in [0.15, 0.2) is 0 Å². The van der Waals surface area contributed by atoms with E-state index in [-0.39, 0.29) is 29.3 Å². The summed E-state index contributed by atoms with van der Waals surface area (Å²) in [5.41, 5.74) is 0. The Bertz CT molecular complexity index is 865. The first-order chi connectivity index (χ1) is 13.9. The number of carboxylic acid groups (broad SMARTS) is 1. The number of likely N-dealkylation sites (tertiary alicyclic amines) is 1. The number of aliphatic hydroxyl groups is 1. The first-order valence-electron chi connectivity index (χ1n) is 9.86. The largest absolute Gasteiger partial charge is 0.477 e. The molecular weight excluding hydrogens is 386 g/mol. The lowest BCUT2D eigenvalue weighted by Gasteiger charge is -2.20. The second kappa shape index (κ2) is 11.5. The SMILES string of the molecule is CCCC#CC[C@H](C)[C@@H](O)C=C[C@H]1CCC(=O)N1CC#Cc1ccc(C(=O)O)s1. The van der Waals surface area contributed by atoms with Gasteiger partial charge in [-0.25, -0.2) is 4.79 Å². The fourth-order valence-electron chi connectivity index (χ4n) is 2.89. The average Bonchev–Trinajstić information content (AvgIpc) is 3.31. The van der Waals surface area contributed by atoms with Crippen LogP contribution in [0.2, 0.25) is 0 Å². The van der Waals surface area contributed by atoms with Gasteiger partial charge < -0.3 is 15.1 Å². The fraction of sp³-hybridized carbons (Fsp3) is 0.478. The lowest BCUT2D eigenvalue weighted by atomic mass is 10.00. The number of hydrogen-bond donors (Lipinski definition) is 2. The molecule has 1 aromatic rings. The van der Waals surface area contributed by atoms with Gasteiger partial charge in [0, 0.05) is 19.3 Å². The summed E-state index contributed by atoms with van der Waals surface area (Å²) in [6, 6.07) is 3.12. The van der Waals surface area contributed by atoms with Gasteiger partial charge in [0.2, 0.25) is 5.91 Å². The van der Waals surface area contributed by atoms with Crippen LogP contribution in [0, 0.1) is 29.6 Å². The molecule has 2 heterocycles. The molecule has 1 saturated heterocycles. The third kappa shape index (κ3) is 7.09. The third-order valence-electron chi connectivity index (χ3n) is 4.69. The van der Waals surface area contributed by atoms with Crippen LogP contribution in [0.5, 0.6) is 0 Å². The van der Waals surface area contributed by atoms with Crippen molar-refractivity contribution in [2.75, 3.05) is 6.54 Å². The van der Waals surface area contributed by atoms with Crippen molar-refractivity contribution in [1.29, 1.82) is 0 Å². The molecule has 2 rings (SSSR count). The number of aromatic carboxylic acids is 1. The minimum absolute atomic E-state index is 0.0308. The van der Waals surface area contributed by atoms with E-state index in [1.165, 1.54) is 6.07 Å². The highest BCUT2D eigenvalue weighted by Crippen LogP contribution is 2.21. The Kier molecular flexibility index (Phi) is 8.99. The summed E-state index contributed by atoms with van der Waals surface area (Å²) < 4.78 is 0. The zero-order valence-electron chi connectivity index (χ0n) is 16.9. The molecule has 0 unspecified atom stereocenters. The molecule has 1 amide bonds. The molecule has 5 nitrogen and oxygen atoms in total. The summed E-state index contributed by atoms with van der Waals surface area (Å²) in [6.45, 7) is 4.33. The van der Waals surface area contributed by atoms with Crippen molar-refractivity contribution < 1.29 is 19.8 Å². The van der Waals surface area contributed by atoms with Crippen molar-refractivity contribution in [3.8, 4) is 23.7 Å². The van der Waals surface area contributed by atoms with Gasteiger partial charge in [0.25, 0.3) is 0 Å². The normalized spacial score (nSPS) is 18.1. The van der Waals surface area contributed by atoms with Crippen LogP contribution < -0.4 is 0 Å². The smallest absolute Gasteiger partial charge is 0.345 e. The minimum atomic E-state index is -0.966. The maximum absolute atomic E-state index is 12.2. The van der Waals surface area contributed by atoms with E-state index >= 15 is 0 Å². The predicted octanol–water partition coefficient (Wildman–Crippen LogP) is 3.54. The Labute approximate surface area is 176 Å². The molecule has 1 aromatic heterocycles. The number of aliphatic hydroxyl groups excluding tert-OH is 1. The highest BCUT2D eigenvalue weighted by atomic mass is 32.1. The molecule has 0 radical (unpaired) electrons. The number of hydrogen-bond acceptors (Lipinski definition) is 4. The van der Waals surface area contributed by atoms with Crippen molar-refractivity contribution in [1.82, 2.24) is 4.90 Å². The number of unbranched alkanes of at least 4 members (excludes halogenated alkanes) is 1. The number of rotatable bonds is 7. The average molecular weight is 414 g/mol. The minimum Gasteiger partial charge on any atom is -0.477 e. The Morgan fingerprint density at radius 3 is 2.86 bits per heavy atom. The molecule has 0 spiro atoms. The number of amides is 1. The molecule has 6 heteroatoms. The van der Waals surface area contributed by atoms with Gasteiger partial charge in [0.1, 0.15) is 4.88 Å². The molecule has 0 bridgehead atoms. The van der Waals surface area contributed by atoms with E-state index in [1.807, 2.05) is 13.0 Å². The number of carboxylic acids is 1. The van der Waals surface area contributed by atoms with E-state index in [0.29, 0.717) is 24.1 Å². The van der Waals surface area contributed by atoms with Crippen molar-refractivity contribution in [2.45, 2.75) is 58.1 Å². The predicted molar refractivity (Wildman–Crippen MR) is 115 cm³/mol. The summed E-state index contributed by atoms with van der Waals surface area (Å²) in [6.07, 6.45) is 6.77. The van der Waals surface area contributed by atoms with E-state index in [1.54, 1.807) is 17.0 Å². The first-order valence-corrected chi connectivity index (χ1v) is 10.7. The van der Waals surface area contributed by atoms with Gasteiger partial charge in [-0.2, -0.15) is 0 Å². The maximum Gasteiger partial charge on any atom is 0.345 e. The van der Waals surface area contributed by atoms with Gasteiger partial charge in [-0.1, -0.05) is 37.8 Å². The number of carbonyl (C=O) groups is 2. The second-order valence-corrected chi connectivity index (χ2v) is 8.14. The molecule has 0 aromatic carbocycles. The zero-order valence-corrected chi connectivity index (χ0v) is 17.7. The van der Waals surface area contributed by atoms with Crippen LogP contribution in [0.3, 0.4) is 0 Å². The summed E-state index contributed by atoms with van der Waals surface area (Å²) in [5, 5.41) is 19.3. The molecule has 29 heavy (non-hydrogen) atoms. The molecule has 154 valence electrons. The van der Waals surface area contributed by atoms with Crippen LogP contribution in [-0.2, 0) is 4.79 Å². The summed E-state index contributed by atoms with van der Waals surface area (Å²) >= 11 is 1.12. The summed E-state index contributed by atoms with van der Waals surface area (Å²) in [7, 11) is 0. The van der Waals surface area contributed by atoms with Gasteiger partial charge in [0.05, 0.1) is 23.6 Å². The molecule has 3 atom stereocenters. The monoisotopic (exact) mass is 413 g/mol. The van der Waals surface area contributed by atoms with E-state index in [0.717, 1.165) is 24.2 Å². The number of thiophene rings is 1. The molecule has 0 aliphatic carbocycles. The lowest BCUT2D eigenvalue weighted by molar-refractivity contribution is -0.127. The molecule has 1 fully saturated rings. The van der Waals surface area contributed by atoms with E-state index in [9.17, 15) is 14.7 Å². The first kappa shape index (κ1) is 22.7. The summed E-state index contributed by atoms with van der Waals surface area (Å²) in [4.78, 5) is 25.7. The highest BCUT2D eigenvalue weighted by molar-refractivity contribution is 7.14. The Balaban J connectivity index is 1.92. The highest BCUT2D eigenvalue weighted by Gasteiger charge is 2.28. The van der Waals surface area contributed by atoms with E-state index in [4.69, 9.17) is 5.11 Å². The van der Waals surface area contributed by atoms with Crippen molar-refractivity contribution in [3.63, 3.8) is 0 Å². The standard InChI is InChI=1S/C23H27NO4S/c1-3-4-5-6-8-17(2)20(25)13-10-18-11-15-22(26)24(18)16-7-9-19-12-14-21(29-19)23(27)28/h10,12-14,17-18,20,25H,3-4,8,11,15-16H2,1-2H3,(H,27,28)/t17-,18-,20-/m0/s1. The molecule has 2 N–H and O–H groups in total. The second-order valence-electron chi connectivity index (χ2n) is 7.06. The van der Waals surface area contributed by atoms with Crippen LogP contribution in [0.15, 0.2) is 24.3 Å². The quantitative estimate of drug-likeness (QED) is 0.529. The van der Waals surface area contributed by atoms with Crippen molar-refractivity contribution in [3.05, 3.63) is 34.0 Å². The summed E-state index contributed by atoms with van der Waals surface area (Å²) in [5.74, 6) is 11.2. The van der Waals surface area contributed by atoms with Gasteiger partial charge in [-0.3, -0.25) is 4.79 Å². The van der Waals surface area contributed by atoms with Crippen LogP contribution in [0.4, 0.5) is 0 Å². The third-order valence-corrected chi connectivity index (χ3v) is 5.68. The van der Waals surface area contributed by atoms with Crippen molar-refractivity contribution >= 4 is 23.2 Å². The maximum atomic E-state index is 12.2. The van der Waals surface area contributed by atoms with E-state index in [2.05, 4.69) is 30.6 Å². The fourth-order valence-corrected chi connectivity index (χ4v) is 3.61. The van der Waals surface area contributed by atoms with Gasteiger partial charge >= 0.3 is 5.97 Å². The van der Waals surface area contributed by atoms with Gasteiger partial charge in [-0.05, 0) is 30.9 Å². The van der Waals surface area contributed by atoms with Gasteiger partial charge in [-0.15, -0.1) is 23.2 Å².